The lowest BCUT2D eigenvalue weighted by Crippen LogP contribution is -2.05. The molecule has 0 atom stereocenters. The first kappa shape index (κ1) is 23.2. The fourth-order valence-electron chi connectivity index (χ4n) is 2.82. The quantitative estimate of drug-likeness (QED) is 0.156. The van der Waals surface area contributed by atoms with Crippen molar-refractivity contribution in [2.24, 2.45) is 4.99 Å². The number of nitrogens with zero attached hydrogens (tertiary/aromatic N) is 1. The van der Waals surface area contributed by atoms with Crippen LogP contribution in [-0.2, 0) is 16.1 Å². The van der Waals surface area contributed by atoms with Crippen molar-refractivity contribution >= 4 is 102 Å². The number of esters is 1. The van der Waals surface area contributed by atoms with Crippen molar-refractivity contribution in [2.75, 3.05) is 0 Å². The van der Waals surface area contributed by atoms with Crippen LogP contribution in [0.5, 0.6) is 5.75 Å². The third kappa shape index (κ3) is 5.88. The van der Waals surface area contributed by atoms with Crippen LogP contribution in [0.4, 0.5) is 0 Å². The van der Waals surface area contributed by atoms with E-state index < -0.39 is 5.97 Å². The van der Waals surface area contributed by atoms with Crippen LogP contribution in [0.15, 0.2) is 75.8 Å². The first-order valence-electron chi connectivity index (χ1n) is 9.04. The fraction of sp³-hybridized carbons (Fsp3) is 0.0435. The molecule has 31 heavy (non-hydrogen) atoms. The van der Waals surface area contributed by atoms with Gasteiger partial charge in [-0.1, -0.05) is 28.1 Å². The molecule has 0 amide bonds. The summed E-state index contributed by atoms with van der Waals surface area (Å²) in [4.78, 5) is 16.7. The fourth-order valence-corrected chi connectivity index (χ4v) is 5.57. The summed E-state index contributed by atoms with van der Waals surface area (Å²) in [6.45, 7) is 0.482. The Morgan fingerprint density at radius 1 is 0.968 bits per heavy atom. The summed E-state index contributed by atoms with van der Waals surface area (Å²) >= 11 is 10.2. The van der Waals surface area contributed by atoms with E-state index in [0.29, 0.717) is 12.5 Å². The van der Waals surface area contributed by atoms with Gasteiger partial charge in [-0.15, -0.1) is 0 Å². The highest BCUT2D eigenvalue weighted by atomic mass is 127. The van der Waals surface area contributed by atoms with Gasteiger partial charge in [0, 0.05) is 13.6 Å². The maximum absolute atomic E-state index is 12.3. The summed E-state index contributed by atoms with van der Waals surface area (Å²) in [6, 6.07) is 19.7. The van der Waals surface area contributed by atoms with Gasteiger partial charge in [-0.3, -0.25) is 0 Å². The predicted octanol–water partition coefficient (Wildman–Crippen LogP) is 7.19. The van der Waals surface area contributed by atoms with Crippen LogP contribution in [0.2, 0.25) is 0 Å². The third-order valence-electron chi connectivity index (χ3n) is 4.33. The zero-order valence-corrected chi connectivity index (χ0v) is 23.8. The maximum Gasteiger partial charge on any atom is 0.363 e. The molecule has 1 aliphatic rings. The minimum Gasteiger partial charge on any atom is -0.487 e. The Bertz CT molecular complexity index is 1180. The Morgan fingerprint density at radius 3 is 2.26 bits per heavy atom. The monoisotopic (exact) mass is 811 g/mol. The van der Waals surface area contributed by atoms with Crippen molar-refractivity contribution in [3.63, 3.8) is 0 Å². The van der Waals surface area contributed by atoms with Gasteiger partial charge >= 0.3 is 5.97 Å². The number of hydrogen-bond donors (Lipinski definition) is 0. The van der Waals surface area contributed by atoms with Crippen molar-refractivity contribution < 1.29 is 14.3 Å². The molecule has 0 saturated carbocycles. The summed E-state index contributed by atoms with van der Waals surface area (Å²) in [5.41, 5.74) is 3.01. The predicted molar refractivity (Wildman–Crippen MR) is 150 cm³/mol. The number of aliphatic imine (C=N–C) groups is 1. The first-order chi connectivity index (χ1) is 14.9. The summed E-state index contributed by atoms with van der Waals surface area (Å²) in [5.74, 6) is 0.698. The lowest BCUT2D eigenvalue weighted by atomic mass is 10.2. The molecule has 3 aromatic carbocycles. The van der Waals surface area contributed by atoms with Crippen molar-refractivity contribution in [3.8, 4) is 5.75 Å². The first-order valence-corrected chi connectivity index (χ1v) is 13.1. The molecule has 0 radical (unpaired) electrons. The van der Waals surface area contributed by atoms with Gasteiger partial charge in [0.05, 0.1) is 7.14 Å². The van der Waals surface area contributed by atoms with Crippen LogP contribution in [-0.4, -0.2) is 11.9 Å². The average molecular weight is 812 g/mol. The topological polar surface area (TPSA) is 47.9 Å². The Morgan fingerprint density at radius 2 is 1.61 bits per heavy atom. The van der Waals surface area contributed by atoms with Gasteiger partial charge in [0.1, 0.15) is 12.4 Å². The van der Waals surface area contributed by atoms with Gasteiger partial charge in [0.15, 0.2) is 5.70 Å². The van der Waals surface area contributed by atoms with Gasteiger partial charge in [0.25, 0.3) is 0 Å². The van der Waals surface area contributed by atoms with E-state index in [1.807, 2.05) is 60.7 Å². The van der Waals surface area contributed by atoms with E-state index in [0.717, 1.165) is 37.6 Å². The largest absolute Gasteiger partial charge is 0.487 e. The van der Waals surface area contributed by atoms with Gasteiger partial charge in [0.2, 0.25) is 5.90 Å². The molecule has 0 aromatic heterocycles. The summed E-state index contributed by atoms with van der Waals surface area (Å²) < 4.78 is 15.5. The molecule has 0 spiro atoms. The number of rotatable bonds is 5. The molecule has 156 valence electrons. The van der Waals surface area contributed by atoms with Crippen LogP contribution in [0.1, 0.15) is 16.7 Å². The second kappa shape index (κ2) is 10.3. The third-order valence-corrected chi connectivity index (χ3v) is 7.18. The summed E-state index contributed by atoms with van der Waals surface area (Å²) in [7, 11) is 0. The highest BCUT2D eigenvalue weighted by Gasteiger charge is 2.24. The Hall–Kier alpha value is -0.990. The van der Waals surface area contributed by atoms with Gasteiger partial charge in [-0.2, -0.15) is 0 Å². The average Bonchev–Trinajstić information content (AvgIpc) is 3.09. The molecule has 0 fully saturated rings. The number of hydrogen-bond acceptors (Lipinski definition) is 4. The number of carbonyl (C=O) groups is 1. The standard InChI is InChI=1S/C23H13BrI3NO3/c24-16-5-1-13(2-6-16)12-30-21-18(26)9-14(10-19(21)27)11-20-23(29)31-22(28-20)15-3-7-17(25)8-4-15/h1-11H,12H2. The second-order valence-corrected chi connectivity index (χ2v) is 11.1. The molecule has 8 heteroatoms. The van der Waals surface area contributed by atoms with Crippen LogP contribution < -0.4 is 4.74 Å². The molecule has 1 aliphatic heterocycles. The van der Waals surface area contributed by atoms with E-state index >= 15 is 0 Å². The van der Waals surface area contributed by atoms with Crippen molar-refractivity contribution in [1.29, 1.82) is 0 Å². The van der Waals surface area contributed by atoms with E-state index in [1.165, 1.54) is 0 Å². The van der Waals surface area contributed by atoms with Crippen molar-refractivity contribution in [3.05, 3.63) is 98.2 Å². The molecule has 4 nitrogen and oxygen atoms in total. The molecule has 0 N–H and O–H groups in total. The molecule has 0 unspecified atom stereocenters. The molecule has 0 aliphatic carbocycles. The van der Waals surface area contributed by atoms with E-state index in [9.17, 15) is 4.79 Å². The van der Waals surface area contributed by atoms with E-state index in [2.05, 4.69) is 88.7 Å². The van der Waals surface area contributed by atoms with Crippen LogP contribution in [0.3, 0.4) is 0 Å². The number of benzene rings is 3. The molecule has 4 rings (SSSR count). The minimum absolute atomic E-state index is 0.281. The molecule has 3 aromatic rings. The highest BCUT2D eigenvalue weighted by molar-refractivity contribution is 14.1. The van der Waals surface area contributed by atoms with E-state index in [-0.39, 0.29) is 5.70 Å². The van der Waals surface area contributed by atoms with Crippen LogP contribution >= 0.6 is 83.7 Å². The van der Waals surface area contributed by atoms with Gasteiger partial charge in [-0.25, -0.2) is 9.79 Å². The van der Waals surface area contributed by atoms with Gasteiger partial charge in [-0.05, 0) is 134 Å². The zero-order chi connectivity index (χ0) is 22.0. The van der Waals surface area contributed by atoms with E-state index in [1.54, 1.807) is 6.08 Å². The highest BCUT2D eigenvalue weighted by Crippen LogP contribution is 2.31. The Labute approximate surface area is 229 Å². The summed E-state index contributed by atoms with van der Waals surface area (Å²) in [6.07, 6.45) is 1.74. The summed E-state index contributed by atoms with van der Waals surface area (Å²) in [5, 5.41) is 0. The normalized spacial score (nSPS) is 14.5. The van der Waals surface area contributed by atoms with E-state index in [4.69, 9.17) is 9.47 Å². The number of cyclic esters (lactones) is 1. The Kier molecular flexibility index (Phi) is 7.70. The second-order valence-electron chi connectivity index (χ2n) is 6.57. The minimum atomic E-state index is -0.450. The van der Waals surface area contributed by atoms with Crippen LogP contribution in [0, 0.1) is 10.7 Å². The number of carbonyl (C=O) groups excluding carboxylic acids is 1. The zero-order valence-electron chi connectivity index (χ0n) is 15.7. The number of ether oxygens (including phenoxy) is 2. The molecule has 0 bridgehead atoms. The Balaban J connectivity index is 1.54. The van der Waals surface area contributed by atoms with Crippen molar-refractivity contribution in [1.82, 2.24) is 0 Å². The maximum atomic E-state index is 12.3. The molecular formula is C23H13BrI3NO3. The molecule has 1 heterocycles. The van der Waals surface area contributed by atoms with Gasteiger partial charge < -0.3 is 9.47 Å². The lowest BCUT2D eigenvalue weighted by molar-refractivity contribution is -0.129. The number of halogens is 4. The van der Waals surface area contributed by atoms with Crippen LogP contribution in [0.25, 0.3) is 6.08 Å². The van der Waals surface area contributed by atoms with Crippen molar-refractivity contribution in [2.45, 2.75) is 6.61 Å². The smallest absolute Gasteiger partial charge is 0.363 e. The SMILES string of the molecule is O=C1OC(c2ccc(I)cc2)=NC1=Cc1cc(I)c(OCc2ccc(Br)cc2)c(I)c1. The lowest BCUT2D eigenvalue weighted by Gasteiger charge is -2.11. The molecule has 0 saturated heterocycles. The molecular weight excluding hydrogens is 799 g/mol.